The third kappa shape index (κ3) is 4.81. The molecule has 2 aliphatic heterocycles. The molecule has 12 heteroatoms. The van der Waals surface area contributed by atoms with Crippen molar-refractivity contribution in [1.82, 2.24) is 15.5 Å². The van der Waals surface area contributed by atoms with E-state index < -0.39 is 58.8 Å². The van der Waals surface area contributed by atoms with Gasteiger partial charge in [0.15, 0.2) is 0 Å². The summed E-state index contributed by atoms with van der Waals surface area (Å²) < 4.78 is 83.0. The Balaban J connectivity index is 1.47. The van der Waals surface area contributed by atoms with Gasteiger partial charge in [-0.05, 0) is 48.7 Å². The summed E-state index contributed by atoms with van der Waals surface area (Å²) in [6.07, 6.45) is -4.88. The SMILES string of the molecule is CC(NCc1ccc2c(c1)CN(C1CCC(=O)NC1=O)C2=O)C(F)(F)c1ccc(F)cc1C(F)(F)F. The van der Waals surface area contributed by atoms with Crippen molar-refractivity contribution in [3.63, 3.8) is 0 Å². The lowest BCUT2D eigenvalue weighted by atomic mass is 9.96. The van der Waals surface area contributed by atoms with Crippen molar-refractivity contribution in [2.75, 3.05) is 0 Å². The van der Waals surface area contributed by atoms with Crippen molar-refractivity contribution < 1.29 is 40.7 Å². The summed E-state index contributed by atoms with van der Waals surface area (Å²) in [6.45, 7) is 0.953. The summed E-state index contributed by atoms with van der Waals surface area (Å²) in [5.74, 6) is -6.63. The average molecular weight is 513 g/mol. The predicted octanol–water partition coefficient (Wildman–Crippen LogP) is 3.88. The van der Waals surface area contributed by atoms with Crippen LogP contribution < -0.4 is 10.6 Å². The number of alkyl halides is 5. The first-order chi connectivity index (χ1) is 16.8. The minimum Gasteiger partial charge on any atom is -0.322 e. The number of hydrogen-bond acceptors (Lipinski definition) is 4. The number of carbonyl (C=O) groups is 3. The van der Waals surface area contributed by atoms with Crippen molar-refractivity contribution >= 4 is 17.7 Å². The number of rotatable bonds is 6. The maximum Gasteiger partial charge on any atom is 0.416 e. The number of carbonyl (C=O) groups excluding carboxylic acids is 3. The second-order valence-electron chi connectivity index (χ2n) is 8.80. The third-order valence-corrected chi connectivity index (χ3v) is 6.39. The first kappa shape index (κ1) is 25.7. The topological polar surface area (TPSA) is 78.5 Å². The van der Waals surface area contributed by atoms with E-state index in [4.69, 9.17) is 0 Å². The smallest absolute Gasteiger partial charge is 0.322 e. The molecule has 2 aromatic rings. The number of benzene rings is 2. The largest absolute Gasteiger partial charge is 0.416 e. The molecule has 192 valence electrons. The lowest BCUT2D eigenvalue weighted by Crippen LogP contribution is -2.52. The molecule has 0 aromatic heterocycles. The van der Waals surface area contributed by atoms with Crippen LogP contribution in [0.3, 0.4) is 0 Å². The van der Waals surface area contributed by atoms with Crippen LogP contribution in [-0.2, 0) is 34.8 Å². The highest BCUT2D eigenvalue weighted by Crippen LogP contribution is 2.41. The van der Waals surface area contributed by atoms with Crippen LogP contribution in [0.15, 0.2) is 36.4 Å². The minimum absolute atomic E-state index is 0.0434. The summed E-state index contributed by atoms with van der Waals surface area (Å²) in [5, 5.41) is 4.71. The first-order valence-electron chi connectivity index (χ1n) is 11.0. The van der Waals surface area contributed by atoms with E-state index in [1.807, 2.05) is 0 Å². The first-order valence-corrected chi connectivity index (χ1v) is 11.0. The van der Waals surface area contributed by atoms with E-state index >= 15 is 0 Å². The van der Waals surface area contributed by atoms with Gasteiger partial charge < -0.3 is 10.2 Å². The Morgan fingerprint density at radius 2 is 1.78 bits per heavy atom. The van der Waals surface area contributed by atoms with E-state index in [9.17, 15) is 40.7 Å². The molecule has 36 heavy (non-hydrogen) atoms. The van der Waals surface area contributed by atoms with Crippen LogP contribution in [0.5, 0.6) is 0 Å². The normalized spacial score (nSPS) is 19.4. The van der Waals surface area contributed by atoms with Crippen LogP contribution >= 0.6 is 0 Å². The molecule has 2 atom stereocenters. The van der Waals surface area contributed by atoms with Crippen molar-refractivity contribution in [3.05, 3.63) is 70.0 Å². The fourth-order valence-electron chi connectivity index (χ4n) is 4.41. The van der Waals surface area contributed by atoms with Crippen LogP contribution in [0.1, 0.15) is 52.4 Å². The Hall–Kier alpha value is -3.41. The summed E-state index contributed by atoms with van der Waals surface area (Å²) >= 11 is 0. The second kappa shape index (κ2) is 9.23. The Labute approximate surface area is 201 Å². The molecule has 1 fully saturated rings. The Kier molecular flexibility index (Phi) is 6.58. The van der Waals surface area contributed by atoms with Gasteiger partial charge in [0, 0.05) is 30.6 Å². The number of hydrogen-bond donors (Lipinski definition) is 2. The van der Waals surface area contributed by atoms with E-state index in [-0.39, 0.29) is 32.0 Å². The molecule has 6 nitrogen and oxygen atoms in total. The number of piperidine rings is 1. The van der Waals surface area contributed by atoms with Crippen LogP contribution in [0, 0.1) is 5.82 Å². The Bertz CT molecular complexity index is 1230. The number of nitrogens with zero attached hydrogens (tertiary/aromatic N) is 1. The number of halogens is 6. The molecule has 3 amide bonds. The van der Waals surface area contributed by atoms with Gasteiger partial charge in [-0.2, -0.15) is 22.0 Å². The maximum absolute atomic E-state index is 15.0. The molecule has 0 saturated carbocycles. The van der Waals surface area contributed by atoms with Crippen molar-refractivity contribution in [2.24, 2.45) is 0 Å². The molecule has 0 aliphatic carbocycles. The summed E-state index contributed by atoms with van der Waals surface area (Å²) in [5.41, 5.74) is -1.70. The fourth-order valence-corrected chi connectivity index (χ4v) is 4.41. The van der Waals surface area contributed by atoms with Gasteiger partial charge in [0.2, 0.25) is 11.8 Å². The molecular weight excluding hydrogens is 492 g/mol. The molecule has 0 bridgehead atoms. The van der Waals surface area contributed by atoms with Crippen LogP contribution in [0.4, 0.5) is 26.3 Å². The zero-order chi connectivity index (χ0) is 26.4. The number of nitrogens with one attached hydrogen (secondary N) is 2. The van der Waals surface area contributed by atoms with Crippen molar-refractivity contribution in [2.45, 2.75) is 57.0 Å². The Morgan fingerprint density at radius 3 is 2.44 bits per heavy atom. The zero-order valence-electron chi connectivity index (χ0n) is 18.9. The minimum atomic E-state index is -5.17. The molecule has 1 saturated heterocycles. The molecule has 2 aliphatic rings. The number of imide groups is 1. The van der Waals surface area contributed by atoms with Crippen molar-refractivity contribution in [1.29, 1.82) is 0 Å². The van der Waals surface area contributed by atoms with E-state index in [0.29, 0.717) is 28.8 Å². The van der Waals surface area contributed by atoms with Crippen LogP contribution in [0.2, 0.25) is 0 Å². The number of fused-ring (bicyclic) bond motifs is 1. The average Bonchev–Trinajstić information content (AvgIpc) is 3.12. The fraction of sp³-hybridized carbons (Fsp3) is 0.375. The van der Waals surface area contributed by atoms with Gasteiger partial charge in [-0.1, -0.05) is 12.1 Å². The zero-order valence-corrected chi connectivity index (χ0v) is 18.9. The highest BCUT2D eigenvalue weighted by atomic mass is 19.4. The maximum atomic E-state index is 15.0. The van der Waals surface area contributed by atoms with Gasteiger partial charge in [-0.3, -0.25) is 19.7 Å². The van der Waals surface area contributed by atoms with Gasteiger partial charge >= 0.3 is 6.18 Å². The van der Waals surface area contributed by atoms with Crippen LogP contribution in [-0.4, -0.2) is 34.7 Å². The molecule has 2 unspecified atom stereocenters. The van der Waals surface area contributed by atoms with Crippen molar-refractivity contribution in [3.8, 4) is 0 Å². The van der Waals surface area contributed by atoms with Gasteiger partial charge in [-0.15, -0.1) is 0 Å². The summed E-state index contributed by atoms with van der Waals surface area (Å²) in [6, 6.07) is 3.07. The lowest BCUT2D eigenvalue weighted by molar-refractivity contribution is -0.143. The highest BCUT2D eigenvalue weighted by Gasteiger charge is 2.46. The highest BCUT2D eigenvalue weighted by molar-refractivity contribution is 6.05. The van der Waals surface area contributed by atoms with Crippen LogP contribution in [0.25, 0.3) is 0 Å². The monoisotopic (exact) mass is 513 g/mol. The third-order valence-electron chi connectivity index (χ3n) is 6.39. The summed E-state index contributed by atoms with van der Waals surface area (Å²) in [4.78, 5) is 37.6. The standard InChI is InChI=1S/C24H21F6N3O3/c1-12(23(26,27)17-5-3-15(25)9-18(17)24(28,29)30)31-10-13-2-4-16-14(8-13)11-33(22(16)36)19-6-7-20(34)32-21(19)35/h2-5,8-9,12,19,31H,6-7,10-11H2,1H3,(H,32,34,35). The van der Waals surface area contributed by atoms with Gasteiger partial charge in [0.05, 0.1) is 11.6 Å². The van der Waals surface area contributed by atoms with E-state index in [1.165, 1.54) is 17.0 Å². The molecule has 2 N–H and O–H groups in total. The van der Waals surface area contributed by atoms with E-state index in [1.54, 1.807) is 6.07 Å². The second-order valence-corrected chi connectivity index (χ2v) is 8.80. The van der Waals surface area contributed by atoms with E-state index in [2.05, 4.69) is 10.6 Å². The lowest BCUT2D eigenvalue weighted by Gasteiger charge is -2.29. The molecule has 2 heterocycles. The molecular formula is C24H21F6N3O3. The summed E-state index contributed by atoms with van der Waals surface area (Å²) in [7, 11) is 0. The molecule has 0 radical (unpaired) electrons. The molecule has 4 rings (SSSR count). The quantitative estimate of drug-likeness (QED) is 0.454. The van der Waals surface area contributed by atoms with E-state index in [0.717, 1.165) is 6.92 Å². The van der Waals surface area contributed by atoms with Gasteiger partial charge in [0.1, 0.15) is 11.9 Å². The number of amides is 3. The Morgan fingerprint density at radius 1 is 1.06 bits per heavy atom. The van der Waals surface area contributed by atoms with Gasteiger partial charge in [0.25, 0.3) is 11.8 Å². The molecule has 0 spiro atoms. The van der Waals surface area contributed by atoms with Gasteiger partial charge in [-0.25, -0.2) is 4.39 Å². The predicted molar refractivity (Wildman–Crippen MR) is 114 cm³/mol. The molecule has 2 aromatic carbocycles.